The molecule has 12 nitrogen and oxygen atoms in total. The van der Waals surface area contributed by atoms with Crippen LogP contribution in [0.1, 0.15) is 174 Å². The molecule has 1 rings (SSSR count). The molecule has 0 aromatic heterocycles. The molecule has 0 amide bonds. The third kappa shape index (κ3) is 33.0. The van der Waals surface area contributed by atoms with Gasteiger partial charge in [-0.15, -0.1) is 0 Å². The minimum atomic E-state index is -5.06. The molecular formula is C48H84O12S. The van der Waals surface area contributed by atoms with E-state index in [9.17, 15) is 28.5 Å². The van der Waals surface area contributed by atoms with Crippen molar-refractivity contribution in [2.75, 3.05) is 26.4 Å². The zero-order valence-electron chi connectivity index (χ0n) is 37.7. The van der Waals surface area contributed by atoms with Crippen molar-refractivity contribution in [2.24, 2.45) is 0 Å². The van der Waals surface area contributed by atoms with Crippen LogP contribution < -0.4 is 0 Å². The van der Waals surface area contributed by atoms with Gasteiger partial charge in [0.15, 0.2) is 6.29 Å². The highest BCUT2D eigenvalue weighted by molar-refractivity contribution is 7.80. The van der Waals surface area contributed by atoms with Gasteiger partial charge in [0, 0.05) is 13.0 Å². The summed E-state index contributed by atoms with van der Waals surface area (Å²) >= 11 is 0. The first-order valence-corrected chi connectivity index (χ1v) is 24.9. The molecule has 6 atom stereocenters. The van der Waals surface area contributed by atoms with Gasteiger partial charge in [0.05, 0.1) is 19.8 Å². The van der Waals surface area contributed by atoms with Crippen LogP contribution in [0.15, 0.2) is 60.8 Å². The minimum Gasteiger partial charge on any atom is -0.457 e. The van der Waals surface area contributed by atoms with Gasteiger partial charge in [-0.2, -0.15) is 8.42 Å². The topological polar surface area (TPSA) is 178 Å². The molecule has 4 N–H and O–H groups in total. The Morgan fingerprint density at radius 2 is 1.13 bits per heavy atom. The summed E-state index contributed by atoms with van der Waals surface area (Å²) in [6, 6.07) is 0. The number of carbonyl (C=O) groups excluding carboxylic acids is 1. The first kappa shape index (κ1) is 56.8. The minimum absolute atomic E-state index is 0.0262. The molecule has 1 aliphatic heterocycles. The highest BCUT2D eigenvalue weighted by atomic mass is 32.3. The first-order chi connectivity index (χ1) is 29.6. The molecule has 0 saturated carbocycles. The van der Waals surface area contributed by atoms with E-state index in [1.807, 2.05) is 0 Å². The van der Waals surface area contributed by atoms with Crippen LogP contribution in [0.25, 0.3) is 0 Å². The van der Waals surface area contributed by atoms with E-state index in [1.165, 1.54) is 57.8 Å². The molecule has 1 aliphatic rings. The maximum atomic E-state index is 12.8. The molecule has 61 heavy (non-hydrogen) atoms. The molecule has 0 aromatic carbocycles. The third-order valence-electron chi connectivity index (χ3n) is 10.4. The highest BCUT2D eigenvalue weighted by Crippen LogP contribution is 2.26. The van der Waals surface area contributed by atoms with Crippen LogP contribution in [0.3, 0.4) is 0 Å². The van der Waals surface area contributed by atoms with Gasteiger partial charge in [-0.3, -0.25) is 9.35 Å². The lowest BCUT2D eigenvalue weighted by Crippen LogP contribution is -2.60. The van der Waals surface area contributed by atoms with Gasteiger partial charge in [-0.25, -0.2) is 4.18 Å². The number of allylic oxidation sites excluding steroid dienone is 10. The third-order valence-corrected chi connectivity index (χ3v) is 10.8. The SMILES string of the molecule is CC/C=C\C/C=C\C/C=C\C/C=C\CCCCCCCCCCCOCC(COC1OC(CO)C(O)C(OS(=O)(=O)O)C1O)OC(=O)CCCCCCC/C=C\CCCCC. The van der Waals surface area contributed by atoms with Crippen LogP contribution in [0.4, 0.5) is 0 Å². The molecule has 13 heteroatoms. The summed E-state index contributed by atoms with van der Waals surface area (Å²) < 4.78 is 59.1. The van der Waals surface area contributed by atoms with Crippen molar-refractivity contribution in [1.82, 2.24) is 0 Å². The lowest BCUT2D eigenvalue weighted by molar-refractivity contribution is -0.301. The molecule has 0 aliphatic carbocycles. The van der Waals surface area contributed by atoms with Crippen LogP contribution in [0.2, 0.25) is 0 Å². The Kier molecular flexibility index (Phi) is 36.7. The second-order valence-electron chi connectivity index (χ2n) is 16.0. The molecule has 1 fully saturated rings. The largest absolute Gasteiger partial charge is 0.457 e. The number of esters is 1. The number of ether oxygens (including phenoxy) is 4. The van der Waals surface area contributed by atoms with Crippen molar-refractivity contribution in [3.8, 4) is 0 Å². The smallest absolute Gasteiger partial charge is 0.397 e. The number of aliphatic hydroxyl groups is 3. The van der Waals surface area contributed by atoms with Gasteiger partial charge < -0.3 is 34.3 Å². The fourth-order valence-electron chi connectivity index (χ4n) is 6.83. The predicted octanol–water partition coefficient (Wildman–Crippen LogP) is 10.1. The van der Waals surface area contributed by atoms with Crippen molar-refractivity contribution < 1.29 is 56.2 Å². The molecule has 0 radical (unpaired) electrons. The van der Waals surface area contributed by atoms with Gasteiger partial charge in [0.1, 0.15) is 30.5 Å². The lowest BCUT2D eigenvalue weighted by atomic mass is 9.99. The number of hydrogen-bond donors (Lipinski definition) is 4. The Morgan fingerprint density at radius 1 is 0.639 bits per heavy atom. The quantitative estimate of drug-likeness (QED) is 0.0198. The van der Waals surface area contributed by atoms with E-state index in [2.05, 4.69) is 78.8 Å². The molecule has 0 aromatic rings. The van der Waals surface area contributed by atoms with Gasteiger partial charge >= 0.3 is 16.4 Å². The molecule has 1 heterocycles. The Balaban J connectivity index is 2.38. The average Bonchev–Trinajstić information content (AvgIpc) is 3.23. The number of hydrogen-bond acceptors (Lipinski definition) is 11. The van der Waals surface area contributed by atoms with Crippen LogP contribution in [-0.2, 0) is 38.3 Å². The molecule has 0 bridgehead atoms. The summed E-state index contributed by atoms with van der Waals surface area (Å²) in [7, 11) is -5.06. The maximum absolute atomic E-state index is 12.8. The van der Waals surface area contributed by atoms with Crippen molar-refractivity contribution in [3.05, 3.63) is 60.8 Å². The van der Waals surface area contributed by atoms with Gasteiger partial charge in [0.25, 0.3) is 0 Å². The second-order valence-corrected chi connectivity index (χ2v) is 17.0. The molecule has 0 spiro atoms. The fourth-order valence-corrected chi connectivity index (χ4v) is 7.34. The molecular weight excluding hydrogens is 801 g/mol. The van der Waals surface area contributed by atoms with Crippen LogP contribution >= 0.6 is 0 Å². The first-order valence-electron chi connectivity index (χ1n) is 23.5. The molecule has 354 valence electrons. The number of unbranched alkanes of at least 4 members (excludes halogenated alkanes) is 17. The maximum Gasteiger partial charge on any atom is 0.397 e. The summed E-state index contributed by atoms with van der Waals surface area (Å²) in [6.07, 6.45) is 39.7. The van der Waals surface area contributed by atoms with Crippen LogP contribution in [-0.4, -0.2) is 97.5 Å². The van der Waals surface area contributed by atoms with E-state index in [-0.39, 0.29) is 19.6 Å². The Morgan fingerprint density at radius 3 is 1.67 bits per heavy atom. The van der Waals surface area contributed by atoms with Crippen molar-refractivity contribution in [1.29, 1.82) is 0 Å². The Labute approximate surface area is 369 Å². The van der Waals surface area contributed by atoms with E-state index >= 15 is 0 Å². The number of aliphatic hydroxyl groups excluding tert-OH is 3. The summed E-state index contributed by atoms with van der Waals surface area (Å²) in [6.45, 7) is 3.82. The predicted molar refractivity (Wildman–Crippen MR) is 243 cm³/mol. The summed E-state index contributed by atoms with van der Waals surface area (Å²) in [5.41, 5.74) is 0. The second kappa shape index (κ2) is 39.4. The van der Waals surface area contributed by atoms with Crippen molar-refractivity contribution >= 4 is 16.4 Å². The highest BCUT2D eigenvalue weighted by Gasteiger charge is 2.48. The summed E-state index contributed by atoms with van der Waals surface area (Å²) in [5, 5.41) is 30.7. The van der Waals surface area contributed by atoms with E-state index in [1.54, 1.807) is 0 Å². The van der Waals surface area contributed by atoms with Gasteiger partial charge in [-0.05, 0) is 77.0 Å². The zero-order chi connectivity index (χ0) is 44.7. The van der Waals surface area contributed by atoms with Crippen LogP contribution in [0, 0.1) is 0 Å². The van der Waals surface area contributed by atoms with Gasteiger partial charge in [-0.1, -0.05) is 152 Å². The number of rotatable bonds is 40. The summed E-state index contributed by atoms with van der Waals surface area (Å²) in [5.74, 6) is -0.414. The normalized spacial score (nSPS) is 20.7. The van der Waals surface area contributed by atoms with Crippen molar-refractivity contribution in [3.63, 3.8) is 0 Å². The van der Waals surface area contributed by atoms with E-state index in [0.29, 0.717) is 13.0 Å². The lowest BCUT2D eigenvalue weighted by Gasteiger charge is -2.41. The van der Waals surface area contributed by atoms with E-state index < -0.39 is 59.8 Å². The zero-order valence-corrected chi connectivity index (χ0v) is 38.5. The molecule has 6 unspecified atom stereocenters. The Hall–Kier alpha value is -2.20. The monoisotopic (exact) mass is 885 g/mol. The van der Waals surface area contributed by atoms with E-state index in [0.717, 1.165) is 89.9 Å². The average molecular weight is 885 g/mol. The van der Waals surface area contributed by atoms with Crippen LogP contribution in [0.5, 0.6) is 0 Å². The number of carbonyl (C=O) groups is 1. The fraction of sp³-hybridized carbons (Fsp3) is 0.771. The van der Waals surface area contributed by atoms with E-state index in [4.69, 9.17) is 23.5 Å². The summed E-state index contributed by atoms with van der Waals surface area (Å²) in [4.78, 5) is 12.8. The van der Waals surface area contributed by atoms with Crippen molar-refractivity contribution in [2.45, 2.75) is 211 Å². The standard InChI is InChI=1S/C48H84O12S/c1-3-5-7-9-11-13-15-17-18-19-20-21-22-23-24-25-26-28-30-32-34-36-38-56-40-42(58-44(50)37-35-33-31-29-27-16-14-12-10-8-6-4-2)41-57-48-46(52)47(60-61(53,54)55)45(51)43(39-49)59-48/h5,7,11-14,17-18,20-21,42-43,45-49,51-52H,3-4,6,8-10,15-16,19,22-41H2,1-2H3,(H,53,54,55)/b7-5-,13-11-,14-12-,18-17-,21-20-. The van der Waals surface area contributed by atoms with Gasteiger partial charge in [0.2, 0.25) is 0 Å². The molecule has 1 saturated heterocycles. The Bertz CT molecular complexity index is 1300.